The zero-order valence-corrected chi connectivity index (χ0v) is 17.6. The molecule has 8 nitrogen and oxygen atoms in total. The number of nitrogens with zero attached hydrogens (tertiary/aromatic N) is 4. The molecule has 152 valence electrons. The first-order chi connectivity index (χ1) is 14.3. The average molecular weight is 442 g/mol. The lowest BCUT2D eigenvalue weighted by molar-refractivity contribution is -0.115. The molecule has 4 aromatic rings. The molecule has 3 aromatic heterocycles. The van der Waals surface area contributed by atoms with E-state index in [0.717, 1.165) is 15.1 Å². The summed E-state index contributed by atoms with van der Waals surface area (Å²) in [5.41, 5.74) is 1.11. The van der Waals surface area contributed by atoms with Gasteiger partial charge in [0.15, 0.2) is 0 Å². The molecular weight excluding hydrogens is 426 g/mol. The second-order valence-corrected chi connectivity index (χ2v) is 7.92. The Kier molecular flexibility index (Phi) is 5.23. The Bertz CT molecular complexity index is 1410. The predicted octanol–water partition coefficient (Wildman–Crippen LogP) is 2.59. The van der Waals surface area contributed by atoms with Gasteiger partial charge < -0.3 is 5.32 Å². The minimum Gasteiger partial charge on any atom is -0.324 e. The SMILES string of the molecule is Cn1c(=O)c2cc(NC(=O)Cc3csc(-c4ccccc4Cl)n3)cnc2n(C)c1=O. The van der Waals surface area contributed by atoms with Crippen LogP contribution in [0.4, 0.5) is 5.69 Å². The van der Waals surface area contributed by atoms with Gasteiger partial charge in [-0.2, -0.15) is 0 Å². The van der Waals surface area contributed by atoms with Gasteiger partial charge in [0.25, 0.3) is 5.56 Å². The number of carbonyl (C=O) groups is 1. The van der Waals surface area contributed by atoms with E-state index >= 15 is 0 Å². The summed E-state index contributed by atoms with van der Waals surface area (Å²) < 4.78 is 2.29. The van der Waals surface area contributed by atoms with E-state index in [2.05, 4.69) is 15.3 Å². The summed E-state index contributed by atoms with van der Waals surface area (Å²) in [5, 5.41) is 6.11. The molecule has 1 aromatic carbocycles. The molecule has 1 N–H and O–H groups in total. The van der Waals surface area contributed by atoms with Crippen molar-refractivity contribution in [2.45, 2.75) is 6.42 Å². The lowest BCUT2D eigenvalue weighted by Crippen LogP contribution is -2.37. The van der Waals surface area contributed by atoms with E-state index < -0.39 is 11.2 Å². The normalized spacial score (nSPS) is 11.0. The topological polar surface area (TPSA) is 98.9 Å². The molecule has 0 aliphatic carbocycles. The third-order valence-corrected chi connectivity index (χ3v) is 5.83. The van der Waals surface area contributed by atoms with Crippen molar-refractivity contribution < 1.29 is 4.79 Å². The summed E-state index contributed by atoms with van der Waals surface area (Å²) in [6, 6.07) is 8.90. The fourth-order valence-electron chi connectivity index (χ4n) is 3.05. The molecule has 0 bridgehead atoms. The third kappa shape index (κ3) is 3.64. The molecule has 0 radical (unpaired) electrons. The number of amides is 1. The third-order valence-electron chi connectivity index (χ3n) is 4.57. The first-order valence-electron chi connectivity index (χ1n) is 8.90. The van der Waals surface area contributed by atoms with Gasteiger partial charge in [0.05, 0.1) is 34.4 Å². The van der Waals surface area contributed by atoms with Crippen LogP contribution >= 0.6 is 22.9 Å². The van der Waals surface area contributed by atoms with Crippen LogP contribution in [-0.2, 0) is 25.3 Å². The number of benzene rings is 1. The van der Waals surface area contributed by atoms with Gasteiger partial charge >= 0.3 is 5.69 Å². The van der Waals surface area contributed by atoms with Crippen molar-refractivity contribution in [2.75, 3.05) is 5.32 Å². The number of carbonyl (C=O) groups excluding carboxylic acids is 1. The Hall–Kier alpha value is -3.30. The number of hydrogen-bond acceptors (Lipinski definition) is 6. The highest BCUT2D eigenvalue weighted by atomic mass is 35.5. The molecule has 0 saturated carbocycles. The van der Waals surface area contributed by atoms with Gasteiger partial charge in [-0.3, -0.25) is 18.7 Å². The maximum Gasteiger partial charge on any atom is 0.332 e. The molecule has 0 saturated heterocycles. The lowest BCUT2D eigenvalue weighted by atomic mass is 10.2. The zero-order valence-electron chi connectivity index (χ0n) is 16.0. The molecule has 30 heavy (non-hydrogen) atoms. The largest absolute Gasteiger partial charge is 0.332 e. The number of rotatable bonds is 4. The van der Waals surface area contributed by atoms with Crippen LogP contribution in [-0.4, -0.2) is 25.0 Å². The van der Waals surface area contributed by atoms with E-state index in [4.69, 9.17) is 11.6 Å². The summed E-state index contributed by atoms with van der Waals surface area (Å²) in [6.07, 6.45) is 1.47. The van der Waals surface area contributed by atoms with Crippen LogP contribution in [0.3, 0.4) is 0 Å². The van der Waals surface area contributed by atoms with E-state index in [1.807, 2.05) is 23.6 Å². The van der Waals surface area contributed by atoms with Crippen molar-refractivity contribution in [1.82, 2.24) is 19.1 Å². The molecule has 0 aliphatic rings. The maximum atomic E-state index is 12.5. The minimum atomic E-state index is -0.472. The molecule has 3 heterocycles. The first-order valence-corrected chi connectivity index (χ1v) is 10.2. The number of halogens is 1. The van der Waals surface area contributed by atoms with Crippen LogP contribution in [0.5, 0.6) is 0 Å². The Balaban J connectivity index is 1.55. The number of aromatic nitrogens is 4. The summed E-state index contributed by atoms with van der Waals surface area (Å²) in [5.74, 6) is -0.297. The fraction of sp³-hybridized carbons (Fsp3) is 0.150. The number of pyridine rings is 1. The second-order valence-electron chi connectivity index (χ2n) is 6.65. The Labute approximate surface area is 179 Å². The Morgan fingerprint density at radius 2 is 1.97 bits per heavy atom. The Morgan fingerprint density at radius 1 is 1.20 bits per heavy atom. The summed E-state index contributed by atoms with van der Waals surface area (Å²) in [7, 11) is 2.93. The van der Waals surface area contributed by atoms with E-state index in [-0.39, 0.29) is 23.4 Å². The van der Waals surface area contributed by atoms with E-state index in [1.54, 1.807) is 6.07 Å². The molecule has 4 rings (SSSR count). The lowest BCUT2D eigenvalue weighted by Gasteiger charge is -2.09. The first kappa shape index (κ1) is 20.0. The van der Waals surface area contributed by atoms with Crippen molar-refractivity contribution in [1.29, 1.82) is 0 Å². The molecule has 10 heteroatoms. The van der Waals surface area contributed by atoms with Crippen LogP contribution in [0.1, 0.15) is 5.69 Å². The van der Waals surface area contributed by atoms with Crippen molar-refractivity contribution in [2.24, 2.45) is 14.1 Å². The average Bonchev–Trinajstić information content (AvgIpc) is 3.19. The minimum absolute atomic E-state index is 0.0598. The van der Waals surface area contributed by atoms with E-state index in [0.29, 0.717) is 16.4 Å². The highest BCUT2D eigenvalue weighted by Crippen LogP contribution is 2.30. The summed E-state index contributed by atoms with van der Waals surface area (Å²) in [4.78, 5) is 45.5. The van der Waals surface area contributed by atoms with Gasteiger partial charge in [0.1, 0.15) is 10.7 Å². The molecule has 1 amide bonds. The van der Waals surface area contributed by atoms with Crippen LogP contribution < -0.4 is 16.6 Å². The molecule has 0 fully saturated rings. The van der Waals surface area contributed by atoms with Crippen LogP contribution in [0.2, 0.25) is 5.02 Å². The number of aryl methyl sites for hydroxylation is 1. The number of hydrogen-bond donors (Lipinski definition) is 1. The quantitative estimate of drug-likeness (QED) is 0.524. The van der Waals surface area contributed by atoms with Crippen molar-refractivity contribution >= 4 is 45.6 Å². The van der Waals surface area contributed by atoms with Gasteiger partial charge in [-0.1, -0.05) is 29.8 Å². The van der Waals surface area contributed by atoms with Gasteiger partial charge in [-0.15, -0.1) is 11.3 Å². The summed E-state index contributed by atoms with van der Waals surface area (Å²) >= 11 is 7.61. The monoisotopic (exact) mass is 441 g/mol. The van der Waals surface area contributed by atoms with Gasteiger partial charge in [-0.25, -0.2) is 14.8 Å². The van der Waals surface area contributed by atoms with Crippen LogP contribution in [0.25, 0.3) is 21.6 Å². The zero-order chi connectivity index (χ0) is 21.4. The predicted molar refractivity (Wildman–Crippen MR) is 117 cm³/mol. The van der Waals surface area contributed by atoms with E-state index in [1.165, 1.54) is 42.3 Å². The Morgan fingerprint density at radius 3 is 2.73 bits per heavy atom. The van der Waals surface area contributed by atoms with Crippen LogP contribution in [0, 0.1) is 0 Å². The molecule has 0 spiro atoms. The maximum absolute atomic E-state index is 12.5. The molecule has 0 aliphatic heterocycles. The highest BCUT2D eigenvalue weighted by Gasteiger charge is 2.14. The highest BCUT2D eigenvalue weighted by molar-refractivity contribution is 7.13. The van der Waals surface area contributed by atoms with Crippen molar-refractivity contribution in [3.63, 3.8) is 0 Å². The molecule has 0 atom stereocenters. The fourth-order valence-corrected chi connectivity index (χ4v) is 4.19. The van der Waals surface area contributed by atoms with Crippen molar-refractivity contribution in [3.8, 4) is 10.6 Å². The second kappa shape index (κ2) is 7.85. The molecule has 0 unspecified atom stereocenters. The number of anilines is 1. The standard InChI is InChI=1S/C20H16ClN5O3S/c1-25-17-14(19(28)26(2)20(25)29)7-11(9-22-17)23-16(27)8-12-10-30-18(24-12)13-5-3-4-6-15(13)21/h3-7,9-10H,8H2,1-2H3,(H,23,27). The smallest absolute Gasteiger partial charge is 0.324 e. The van der Waals surface area contributed by atoms with Crippen LogP contribution in [0.15, 0.2) is 51.5 Å². The number of nitrogens with one attached hydrogen (secondary N) is 1. The molecular formula is C20H16ClN5O3S. The van der Waals surface area contributed by atoms with E-state index in [9.17, 15) is 14.4 Å². The summed E-state index contributed by atoms with van der Waals surface area (Å²) in [6.45, 7) is 0. The number of thiazole rings is 1. The van der Waals surface area contributed by atoms with Gasteiger partial charge in [0.2, 0.25) is 5.91 Å². The van der Waals surface area contributed by atoms with Gasteiger partial charge in [-0.05, 0) is 12.1 Å². The number of fused-ring (bicyclic) bond motifs is 1. The van der Waals surface area contributed by atoms with Gasteiger partial charge in [0, 0.05) is 25.0 Å². The van der Waals surface area contributed by atoms with Crippen molar-refractivity contribution in [3.05, 3.63) is 73.5 Å².